The zero-order chi connectivity index (χ0) is 29.0. The second kappa shape index (κ2) is 10.5. The molecule has 0 spiro atoms. The number of benzene rings is 2. The third kappa shape index (κ3) is 5.96. The lowest BCUT2D eigenvalue weighted by Crippen LogP contribution is -2.44. The summed E-state index contributed by atoms with van der Waals surface area (Å²) in [5, 5.41) is 0.374. The summed E-state index contributed by atoms with van der Waals surface area (Å²) < 4.78 is 13.6. The zero-order valence-electron chi connectivity index (χ0n) is 26.5. The molecule has 2 aromatic carbocycles. The van der Waals surface area contributed by atoms with Gasteiger partial charge in [-0.1, -0.05) is 101 Å². The Bertz CT molecular complexity index is 1190. The van der Waals surface area contributed by atoms with Crippen LogP contribution in [0.1, 0.15) is 89.5 Å². The highest BCUT2D eigenvalue weighted by molar-refractivity contribution is 6.75. The van der Waals surface area contributed by atoms with E-state index in [-0.39, 0.29) is 10.1 Å². The molecule has 0 bridgehead atoms. The van der Waals surface area contributed by atoms with Gasteiger partial charge in [0.2, 0.25) is 0 Å². The third-order valence-electron chi connectivity index (χ3n) is 9.83. The van der Waals surface area contributed by atoms with Crippen molar-refractivity contribution in [3.63, 3.8) is 0 Å². The minimum Gasteiger partial charge on any atom is -0.543 e. The van der Waals surface area contributed by atoms with Crippen LogP contribution in [0.15, 0.2) is 47.5 Å². The maximum Gasteiger partial charge on any atom is 0.250 e. The van der Waals surface area contributed by atoms with Gasteiger partial charge in [0.05, 0.1) is 0 Å². The SMILES string of the molecule is CC1=Cc2c(O[Si](C)(C)C(C)(C)C)cccc2C1C[Si]CC1C(C)=Cc2c(O[Si](C)(C)C(C)(C)C)cccc21. The maximum atomic E-state index is 6.79. The van der Waals surface area contributed by atoms with Gasteiger partial charge in [-0.05, 0) is 73.4 Å². The minimum atomic E-state index is -1.89. The highest BCUT2D eigenvalue weighted by Gasteiger charge is 2.41. The van der Waals surface area contributed by atoms with E-state index in [0.717, 1.165) is 21.0 Å². The van der Waals surface area contributed by atoms with Crippen molar-refractivity contribution in [3.8, 4) is 11.5 Å². The Morgan fingerprint density at radius 3 is 1.33 bits per heavy atom. The summed E-state index contributed by atoms with van der Waals surface area (Å²) in [6, 6.07) is 15.8. The molecule has 0 aliphatic heterocycles. The Balaban J connectivity index is 1.47. The van der Waals surface area contributed by atoms with Crippen LogP contribution in [-0.2, 0) is 0 Å². The molecule has 0 amide bonds. The molecule has 4 rings (SSSR count). The molecule has 0 saturated carbocycles. The fourth-order valence-electron chi connectivity index (χ4n) is 5.13. The molecule has 2 atom stereocenters. The van der Waals surface area contributed by atoms with Crippen molar-refractivity contribution in [2.75, 3.05) is 0 Å². The summed E-state index contributed by atoms with van der Waals surface area (Å²) in [5.74, 6) is 3.17. The Kier molecular flexibility index (Phi) is 8.14. The monoisotopic (exact) mass is 574 g/mol. The van der Waals surface area contributed by atoms with E-state index in [1.165, 1.54) is 45.5 Å². The molecule has 2 radical (unpaired) electrons. The Morgan fingerprint density at radius 2 is 1.00 bits per heavy atom. The van der Waals surface area contributed by atoms with E-state index < -0.39 is 16.6 Å². The molecule has 0 aromatic heterocycles. The van der Waals surface area contributed by atoms with Crippen LogP contribution in [-0.4, -0.2) is 26.2 Å². The summed E-state index contributed by atoms with van der Waals surface area (Å²) >= 11 is 0. The lowest BCUT2D eigenvalue weighted by atomic mass is 9.98. The van der Waals surface area contributed by atoms with E-state index in [0.29, 0.717) is 11.8 Å². The number of rotatable bonds is 8. The number of fused-ring (bicyclic) bond motifs is 2. The fraction of sp³-hybridized carbons (Fsp3) is 0.529. The predicted octanol–water partition coefficient (Wildman–Crippen LogP) is 10.7. The van der Waals surface area contributed by atoms with Crippen LogP contribution in [0, 0.1) is 0 Å². The third-order valence-corrected chi connectivity index (χ3v) is 19.9. The largest absolute Gasteiger partial charge is 0.543 e. The number of hydrogen-bond donors (Lipinski definition) is 0. The molecule has 0 heterocycles. The standard InChI is InChI=1S/C34H50O2Si3/c1-23-19-27-25(15-13-17-31(27)35-38(9,10)33(3,4)5)29(23)21-37-22-30-24(2)20-28-26(30)16-14-18-32(28)36-39(11,12)34(6,7)8/h13-20,29-30H,21-22H2,1-12H3. The van der Waals surface area contributed by atoms with Crippen LogP contribution in [0.5, 0.6) is 11.5 Å². The van der Waals surface area contributed by atoms with Crippen LogP contribution < -0.4 is 8.85 Å². The first-order chi connectivity index (χ1) is 17.9. The van der Waals surface area contributed by atoms with E-state index >= 15 is 0 Å². The first-order valence-electron chi connectivity index (χ1n) is 14.6. The summed E-state index contributed by atoms with van der Waals surface area (Å²) in [4.78, 5) is 0. The zero-order valence-corrected chi connectivity index (χ0v) is 29.5. The Morgan fingerprint density at radius 1 is 0.641 bits per heavy atom. The second-order valence-corrected chi connectivity index (χ2v) is 25.5. The first kappa shape index (κ1) is 30.1. The summed E-state index contributed by atoms with van der Waals surface area (Å²) in [6.45, 7) is 27.9. The molecule has 5 heteroatoms. The molecule has 2 aliphatic rings. The maximum absolute atomic E-state index is 6.79. The van der Waals surface area contributed by atoms with E-state index in [4.69, 9.17) is 8.85 Å². The minimum absolute atomic E-state index is 0.187. The molecular weight excluding hydrogens is 525 g/mol. The van der Waals surface area contributed by atoms with E-state index in [9.17, 15) is 0 Å². The average molecular weight is 575 g/mol. The van der Waals surface area contributed by atoms with E-state index in [1.54, 1.807) is 0 Å². The van der Waals surface area contributed by atoms with Crippen LogP contribution in [0.25, 0.3) is 12.2 Å². The Hall–Kier alpha value is -1.83. The fourth-order valence-corrected chi connectivity index (χ4v) is 9.03. The summed E-state index contributed by atoms with van der Waals surface area (Å²) in [6.07, 6.45) is 4.79. The molecule has 2 unspecified atom stereocenters. The molecule has 210 valence electrons. The molecule has 39 heavy (non-hydrogen) atoms. The van der Waals surface area contributed by atoms with Gasteiger partial charge in [-0.2, -0.15) is 0 Å². The normalized spacial score (nSPS) is 19.4. The van der Waals surface area contributed by atoms with Gasteiger partial charge < -0.3 is 8.85 Å². The van der Waals surface area contributed by atoms with E-state index in [2.05, 4.69) is 130 Å². The van der Waals surface area contributed by atoms with Gasteiger partial charge in [0, 0.05) is 32.5 Å². The van der Waals surface area contributed by atoms with Gasteiger partial charge in [-0.3, -0.25) is 0 Å². The van der Waals surface area contributed by atoms with Gasteiger partial charge in [-0.15, -0.1) is 0 Å². The summed E-state index contributed by atoms with van der Waals surface area (Å²) in [5.41, 5.74) is 8.52. The molecule has 2 nitrogen and oxygen atoms in total. The van der Waals surface area contributed by atoms with Crippen molar-refractivity contribution in [3.05, 3.63) is 69.8 Å². The summed E-state index contributed by atoms with van der Waals surface area (Å²) in [7, 11) is -2.87. The van der Waals surface area contributed by atoms with Gasteiger partial charge in [0.1, 0.15) is 11.5 Å². The molecular formula is C34H50O2Si3. The van der Waals surface area contributed by atoms with Gasteiger partial charge in [0.15, 0.2) is 0 Å². The predicted molar refractivity (Wildman–Crippen MR) is 177 cm³/mol. The molecule has 0 saturated heterocycles. The molecule has 2 aliphatic carbocycles. The van der Waals surface area contributed by atoms with Crippen LogP contribution in [0.3, 0.4) is 0 Å². The topological polar surface area (TPSA) is 18.5 Å². The van der Waals surface area contributed by atoms with Crippen LogP contribution in [0.4, 0.5) is 0 Å². The van der Waals surface area contributed by atoms with Crippen molar-refractivity contribution in [1.82, 2.24) is 0 Å². The van der Waals surface area contributed by atoms with Crippen molar-refractivity contribution in [2.24, 2.45) is 0 Å². The number of hydrogen-bond acceptors (Lipinski definition) is 2. The van der Waals surface area contributed by atoms with Gasteiger partial charge >= 0.3 is 0 Å². The highest BCUT2D eigenvalue weighted by atomic mass is 28.4. The van der Waals surface area contributed by atoms with Gasteiger partial charge in [-0.25, -0.2) is 0 Å². The molecule has 0 N–H and O–H groups in total. The Labute approximate surface area is 243 Å². The van der Waals surface area contributed by atoms with E-state index in [1.807, 2.05) is 0 Å². The molecule has 2 aromatic rings. The van der Waals surface area contributed by atoms with Crippen molar-refractivity contribution in [1.29, 1.82) is 0 Å². The van der Waals surface area contributed by atoms with Crippen LogP contribution in [0.2, 0.25) is 48.4 Å². The number of allylic oxidation sites excluding steroid dienone is 2. The van der Waals surface area contributed by atoms with Gasteiger partial charge in [0.25, 0.3) is 16.6 Å². The van der Waals surface area contributed by atoms with Crippen molar-refractivity contribution in [2.45, 2.75) is 116 Å². The lowest BCUT2D eigenvalue weighted by Gasteiger charge is -2.37. The first-order valence-corrected chi connectivity index (χ1v) is 21.9. The molecule has 0 fully saturated rings. The highest BCUT2D eigenvalue weighted by Crippen LogP contribution is 2.48. The lowest BCUT2D eigenvalue weighted by molar-refractivity contribution is 0.491. The smallest absolute Gasteiger partial charge is 0.250 e. The van der Waals surface area contributed by atoms with Crippen molar-refractivity contribution < 1.29 is 8.85 Å². The quantitative estimate of drug-likeness (QED) is 0.292. The van der Waals surface area contributed by atoms with Crippen molar-refractivity contribution >= 4 is 38.3 Å². The van der Waals surface area contributed by atoms with Crippen LogP contribution >= 0.6 is 0 Å². The average Bonchev–Trinajstić information content (AvgIpc) is 3.29. The second-order valence-electron chi connectivity index (χ2n) is 14.8.